The normalized spacial score (nSPS) is 10.8. The van der Waals surface area contributed by atoms with Crippen LogP contribution in [0.15, 0.2) is 45.4 Å². The Hall–Kier alpha value is -3.55. The van der Waals surface area contributed by atoms with Gasteiger partial charge in [0.2, 0.25) is 5.82 Å². The Morgan fingerprint density at radius 1 is 1.00 bits per heavy atom. The summed E-state index contributed by atoms with van der Waals surface area (Å²) in [5, 5.41) is 8.41. The summed E-state index contributed by atoms with van der Waals surface area (Å²) in [5.74, 6) is 5.54. The van der Waals surface area contributed by atoms with Gasteiger partial charge in [0, 0.05) is 8.35 Å². The van der Waals surface area contributed by atoms with Gasteiger partial charge in [-0.05, 0) is 50.5 Å². The van der Waals surface area contributed by atoms with Crippen LogP contribution < -0.4 is 9.47 Å². The van der Waals surface area contributed by atoms with E-state index in [1.54, 1.807) is 20.5 Å². The highest BCUT2D eigenvalue weighted by molar-refractivity contribution is 5.63. The van der Waals surface area contributed by atoms with Crippen LogP contribution >= 0.6 is 0 Å². The summed E-state index contributed by atoms with van der Waals surface area (Å²) >= 11 is 0. The third-order valence-corrected chi connectivity index (χ3v) is 4.69. The fraction of sp³-hybridized carbons (Fsp3) is 0.375. The van der Waals surface area contributed by atoms with E-state index >= 15 is 0 Å². The van der Waals surface area contributed by atoms with Gasteiger partial charge >= 0.3 is 0 Å². The van der Waals surface area contributed by atoms with Gasteiger partial charge in [0.15, 0.2) is 11.7 Å². The molecule has 8 heteroatoms. The van der Waals surface area contributed by atoms with E-state index in [1.807, 2.05) is 55.7 Å². The second-order valence-corrected chi connectivity index (χ2v) is 7.78. The maximum Gasteiger partial charge on any atom is 0.204 e. The number of methoxy groups -OCH3 is 2. The predicted octanol–water partition coefficient (Wildman–Crippen LogP) is 5.59. The number of para-hydroxylation sites is 1. The lowest BCUT2D eigenvalue weighted by Gasteiger charge is -2.15. The summed E-state index contributed by atoms with van der Waals surface area (Å²) in [6.45, 7) is 9.97. The molecule has 0 fully saturated rings. The van der Waals surface area contributed by atoms with Gasteiger partial charge in [-0.25, -0.2) is 4.98 Å². The first kappa shape index (κ1) is 23.1. The quantitative estimate of drug-likeness (QED) is 0.386. The monoisotopic (exact) mass is 440 g/mol. The number of aryl methyl sites for hydroxylation is 3. The Balaban J connectivity index is 0.000000297. The number of furan rings is 1. The predicted molar refractivity (Wildman–Crippen MR) is 124 cm³/mol. The second-order valence-electron chi connectivity index (χ2n) is 7.78. The van der Waals surface area contributed by atoms with Crippen molar-refractivity contribution < 1.29 is 19.7 Å². The zero-order chi connectivity index (χ0) is 23.3. The molecular formula is C24H32N4O4. The first-order valence-electron chi connectivity index (χ1n) is 10.4. The molecule has 0 atom stereocenters. The molecule has 4 aromatic rings. The Bertz CT molecular complexity index is 1140. The van der Waals surface area contributed by atoms with Crippen molar-refractivity contribution in [3.63, 3.8) is 0 Å². The number of oxazole rings is 1. The van der Waals surface area contributed by atoms with Crippen LogP contribution in [0.5, 0.6) is 11.5 Å². The number of ether oxygens (including phenoxy) is 2. The lowest BCUT2D eigenvalue weighted by molar-refractivity contribution is 0.390. The van der Waals surface area contributed by atoms with Crippen LogP contribution in [0, 0.1) is 26.7 Å². The average molecular weight is 441 g/mol. The molecule has 0 aliphatic heterocycles. The molecule has 8 nitrogen and oxygen atoms in total. The zero-order valence-electron chi connectivity index (χ0n) is 19.7. The number of benzene rings is 1. The van der Waals surface area contributed by atoms with Gasteiger partial charge in [-0.15, -0.1) is 10.2 Å². The maximum atomic E-state index is 5.69. The summed E-state index contributed by atoms with van der Waals surface area (Å²) < 4.78 is 23.6. The summed E-state index contributed by atoms with van der Waals surface area (Å²) in [7, 11) is 3.24. The van der Waals surface area contributed by atoms with Crippen LogP contribution in [0.2, 0.25) is 0 Å². The number of hydrogen-bond acceptors (Lipinski definition) is 7. The van der Waals surface area contributed by atoms with Gasteiger partial charge in [0.1, 0.15) is 35.0 Å². The molecule has 0 N–H and O–H groups in total. The van der Waals surface area contributed by atoms with Crippen LogP contribution in [-0.4, -0.2) is 34.0 Å². The molecule has 172 valence electrons. The van der Waals surface area contributed by atoms with Crippen molar-refractivity contribution in [3.05, 3.63) is 59.8 Å². The summed E-state index contributed by atoms with van der Waals surface area (Å²) in [4.78, 5) is 4.18. The van der Waals surface area contributed by atoms with Crippen LogP contribution in [0.4, 0.5) is 0 Å². The van der Waals surface area contributed by atoms with E-state index in [1.165, 1.54) is 0 Å². The molecule has 0 saturated heterocycles. The van der Waals surface area contributed by atoms with Crippen molar-refractivity contribution >= 4 is 0 Å². The standard InChI is InChI=1S/C16H17N3O3.C8H13NO.H2/c1-10-8-9-14(22-10)16-18-17-11(2)19(16)15-12(20-3)6-5-7-13(15)21-4;1-6(2)4-8-5-10-7(3)9-8;/h5-9H,1-4H3;5-6H,4H2,1-3H3;1H. The molecule has 0 aliphatic carbocycles. The largest absolute Gasteiger partial charge is 0.494 e. The topological polar surface area (TPSA) is 88.3 Å². The molecule has 0 radical (unpaired) electrons. The van der Waals surface area contributed by atoms with Crippen molar-refractivity contribution in [3.8, 4) is 28.8 Å². The summed E-state index contributed by atoms with van der Waals surface area (Å²) in [6.07, 6.45) is 2.74. The lowest BCUT2D eigenvalue weighted by Crippen LogP contribution is -2.04. The fourth-order valence-corrected chi connectivity index (χ4v) is 3.32. The van der Waals surface area contributed by atoms with Crippen LogP contribution in [0.3, 0.4) is 0 Å². The molecule has 0 amide bonds. The van der Waals surface area contributed by atoms with Crippen LogP contribution in [0.1, 0.15) is 38.4 Å². The summed E-state index contributed by atoms with van der Waals surface area (Å²) in [6, 6.07) is 9.38. The fourth-order valence-electron chi connectivity index (χ4n) is 3.32. The lowest BCUT2D eigenvalue weighted by atomic mass is 10.1. The smallest absolute Gasteiger partial charge is 0.204 e. The van der Waals surface area contributed by atoms with Crippen LogP contribution in [0.25, 0.3) is 17.3 Å². The third-order valence-electron chi connectivity index (χ3n) is 4.69. The van der Waals surface area contributed by atoms with Crippen molar-refractivity contribution in [2.45, 2.75) is 41.0 Å². The molecule has 1 aromatic carbocycles. The maximum absolute atomic E-state index is 5.69. The SMILES string of the molecule is COc1cccc(OC)c1-n1c(C)nnc1-c1ccc(C)o1.Cc1nc(CC(C)C)co1.[HH]. The third kappa shape index (κ3) is 5.19. The number of hydrogen-bond donors (Lipinski definition) is 0. The highest BCUT2D eigenvalue weighted by Crippen LogP contribution is 2.36. The molecule has 0 spiro atoms. The van der Waals surface area contributed by atoms with E-state index in [0.29, 0.717) is 34.8 Å². The molecule has 32 heavy (non-hydrogen) atoms. The van der Waals surface area contributed by atoms with Gasteiger partial charge in [-0.3, -0.25) is 4.57 Å². The molecule has 0 bridgehead atoms. The number of rotatable bonds is 6. The van der Waals surface area contributed by atoms with Crippen molar-refractivity contribution in [1.29, 1.82) is 0 Å². The highest BCUT2D eigenvalue weighted by Gasteiger charge is 2.21. The van der Waals surface area contributed by atoms with E-state index < -0.39 is 0 Å². The minimum atomic E-state index is 0. The zero-order valence-corrected chi connectivity index (χ0v) is 19.7. The van der Waals surface area contributed by atoms with Gasteiger partial charge in [0.05, 0.1) is 19.9 Å². The first-order valence-corrected chi connectivity index (χ1v) is 10.4. The molecular weight excluding hydrogens is 408 g/mol. The number of nitrogens with zero attached hydrogens (tertiary/aromatic N) is 4. The summed E-state index contributed by atoms with van der Waals surface area (Å²) in [5.41, 5.74) is 1.81. The van der Waals surface area contributed by atoms with E-state index in [9.17, 15) is 0 Å². The second kappa shape index (κ2) is 10.2. The van der Waals surface area contributed by atoms with Gasteiger partial charge in [0.25, 0.3) is 0 Å². The Labute approximate surface area is 189 Å². The minimum absolute atomic E-state index is 0. The molecule has 0 aliphatic rings. The van der Waals surface area contributed by atoms with Gasteiger partial charge < -0.3 is 18.3 Å². The Morgan fingerprint density at radius 3 is 2.19 bits per heavy atom. The minimum Gasteiger partial charge on any atom is -0.494 e. The van der Waals surface area contributed by atoms with E-state index in [-0.39, 0.29) is 1.43 Å². The number of aromatic nitrogens is 4. The van der Waals surface area contributed by atoms with Crippen molar-refractivity contribution in [2.75, 3.05) is 14.2 Å². The van der Waals surface area contributed by atoms with Crippen molar-refractivity contribution in [1.82, 2.24) is 19.7 Å². The molecule has 3 aromatic heterocycles. The Kier molecular flexibility index (Phi) is 7.35. The Morgan fingerprint density at radius 2 is 1.69 bits per heavy atom. The van der Waals surface area contributed by atoms with Gasteiger partial charge in [-0.1, -0.05) is 19.9 Å². The molecule has 3 heterocycles. The first-order chi connectivity index (χ1) is 15.3. The molecule has 4 rings (SSSR count). The van der Waals surface area contributed by atoms with E-state index in [2.05, 4.69) is 29.0 Å². The average Bonchev–Trinajstić information content (AvgIpc) is 3.47. The van der Waals surface area contributed by atoms with Crippen LogP contribution in [-0.2, 0) is 6.42 Å². The van der Waals surface area contributed by atoms with Gasteiger partial charge in [-0.2, -0.15) is 0 Å². The van der Waals surface area contributed by atoms with E-state index in [4.69, 9.17) is 18.3 Å². The molecule has 0 saturated carbocycles. The molecule has 0 unspecified atom stereocenters. The highest BCUT2D eigenvalue weighted by atomic mass is 16.5. The van der Waals surface area contributed by atoms with E-state index in [0.717, 1.165) is 29.5 Å². The van der Waals surface area contributed by atoms with Crippen molar-refractivity contribution in [2.24, 2.45) is 5.92 Å².